The Morgan fingerprint density at radius 1 is 0.903 bits per heavy atom. The van der Waals surface area contributed by atoms with Crippen LogP contribution in [0.3, 0.4) is 0 Å². The van der Waals surface area contributed by atoms with Gasteiger partial charge in [-0.2, -0.15) is 0 Å². The molecule has 0 unspecified atom stereocenters. The molecule has 31 heavy (non-hydrogen) atoms. The highest BCUT2D eigenvalue weighted by Gasteiger charge is 2.32. The van der Waals surface area contributed by atoms with Gasteiger partial charge in [-0.1, -0.05) is 42.5 Å². The van der Waals surface area contributed by atoms with Crippen molar-refractivity contribution in [2.75, 3.05) is 32.8 Å². The minimum Gasteiger partial charge on any atom is -0.376 e. The van der Waals surface area contributed by atoms with Crippen LogP contribution in [0.5, 0.6) is 0 Å². The lowest BCUT2D eigenvalue weighted by atomic mass is 9.94. The van der Waals surface area contributed by atoms with Crippen LogP contribution in [0.1, 0.15) is 47.2 Å². The molecule has 0 bridgehead atoms. The third-order valence-electron chi connectivity index (χ3n) is 7.43. The molecule has 0 saturated carbocycles. The first kappa shape index (κ1) is 20.7. The topological polar surface area (TPSA) is 32.8 Å². The molecule has 2 aliphatic heterocycles. The van der Waals surface area contributed by atoms with Crippen molar-refractivity contribution < 1.29 is 9.53 Å². The van der Waals surface area contributed by atoms with E-state index in [-0.39, 0.29) is 12.0 Å². The third-order valence-corrected chi connectivity index (χ3v) is 7.43. The average Bonchev–Trinajstić information content (AvgIpc) is 3.49. The van der Waals surface area contributed by atoms with Crippen molar-refractivity contribution in [2.24, 2.45) is 5.92 Å². The van der Waals surface area contributed by atoms with E-state index in [0.29, 0.717) is 12.0 Å². The number of rotatable bonds is 6. The second-order valence-corrected chi connectivity index (χ2v) is 9.52. The highest BCUT2D eigenvalue weighted by molar-refractivity contribution is 5.94. The normalized spacial score (nSPS) is 22.5. The highest BCUT2D eigenvalue weighted by atomic mass is 16.5. The molecule has 1 aliphatic carbocycles. The van der Waals surface area contributed by atoms with E-state index in [2.05, 4.69) is 34.1 Å². The lowest BCUT2D eigenvalue weighted by Crippen LogP contribution is -2.46. The van der Waals surface area contributed by atoms with Crippen LogP contribution in [0, 0.1) is 5.92 Å². The van der Waals surface area contributed by atoms with Gasteiger partial charge in [-0.25, -0.2) is 0 Å². The molecule has 4 heteroatoms. The SMILES string of the molecule is O=C(c1ccccc1)N(CC1CCN(C2Cc3ccccc3C2)CC1)C[C@H]1CCCO1. The summed E-state index contributed by atoms with van der Waals surface area (Å²) in [5.41, 5.74) is 3.86. The summed E-state index contributed by atoms with van der Waals surface area (Å²) in [6.45, 7) is 4.71. The number of hydrogen-bond donors (Lipinski definition) is 0. The zero-order valence-corrected chi connectivity index (χ0v) is 18.4. The molecule has 4 nitrogen and oxygen atoms in total. The largest absolute Gasteiger partial charge is 0.376 e. The van der Waals surface area contributed by atoms with E-state index in [0.717, 1.165) is 51.2 Å². The first-order valence-electron chi connectivity index (χ1n) is 12.0. The molecule has 1 atom stereocenters. The minimum absolute atomic E-state index is 0.157. The Kier molecular flexibility index (Phi) is 6.37. The molecule has 3 aliphatic rings. The molecule has 5 rings (SSSR count). The summed E-state index contributed by atoms with van der Waals surface area (Å²) in [6, 6.07) is 19.3. The zero-order chi connectivity index (χ0) is 21.0. The monoisotopic (exact) mass is 418 g/mol. The number of ether oxygens (including phenoxy) is 1. The van der Waals surface area contributed by atoms with Crippen LogP contribution in [0.2, 0.25) is 0 Å². The van der Waals surface area contributed by atoms with Gasteiger partial charge in [0.05, 0.1) is 6.10 Å². The van der Waals surface area contributed by atoms with Gasteiger partial charge in [0.1, 0.15) is 0 Å². The first-order valence-corrected chi connectivity index (χ1v) is 12.0. The minimum atomic E-state index is 0.157. The van der Waals surface area contributed by atoms with Crippen molar-refractivity contribution in [3.63, 3.8) is 0 Å². The molecule has 1 amide bonds. The second-order valence-electron chi connectivity index (χ2n) is 9.52. The predicted octanol–water partition coefficient (Wildman–Crippen LogP) is 4.19. The van der Waals surface area contributed by atoms with Crippen molar-refractivity contribution in [3.05, 3.63) is 71.3 Å². The Morgan fingerprint density at radius 3 is 2.23 bits per heavy atom. The number of hydrogen-bond acceptors (Lipinski definition) is 3. The van der Waals surface area contributed by atoms with E-state index in [1.165, 1.54) is 36.8 Å². The summed E-state index contributed by atoms with van der Waals surface area (Å²) in [5.74, 6) is 0.735. The molecule has 2 heterocycles. The van der Waals surface area contributed by atoms with Crippen LogP contribution < -0.4 is 0 Å². The molecule has 0 aromatic heterocycles. The number of carbonyl (C=O) groups is 1. The Hall–Kier alpha value is -2.17. The van der Waals surface area contributed by atoms with E-state index >= 15 is 0 Å². The van der Waals surface area contributed by atoms with Crippen molar-refractivity contribution >= 4 is 5.91 Å². The third kappa shape index (κ3) is 4.86. The fourth-order valence-corrected chi connectivity index (χ4v) is 5.64. The van der Waals surface area contributed by atoms with Crippen LogP contribution in [-0.4, -0.2) is 60.6 Å². The number of nitrogens with zero attached hydrogens (tertiary/aromatic N) is 2. The number of amides is 1. The van der Waals surface area contributed by atoms with Crippen LogP contribution in [-0.2, 0) is 17.6 Å². The number of benzene rings is 2. The quantitative estimate of drug-likeness (QED) is 0.705. The maximum absolute atomic E-state index is 13.3. The van der Waals surface area contributed by atoms with Crippen molar-refractivity contribution in [2.45, 2.75) is 50.7 Å². The summed E-state index contributed by atoms with van der Waals surface area (Å²) in [4.78, 5) is 18.0. The van der Waals surface area contributed by atoms with Crippen LogP contribution in [0.4, 0.5) is 0 Å². The van der Waals surface area contributed by atoms with Gasteiger partial charge in [0.25, 0.3) is 5.91 Å². The molecule has 2 saturated heterocycles. The standard InChI is InChI=1S/C27H34N2O2/c30-27(22-7-2-1-3-8-22)29(20-26-11-6-16-31-26)19-21-12-14-28(15-13-21)25-17-23-9-4-5-10-24(23)18-25/h1-5,7-10,21,25-26H,6,11-20H2/t26-/m1/s1. The lowest BCUT2D eigenvalue weighted by molar-refractivity contribution is 0.0430. The number of fused-ring (bicyclic) bond motifs is 1. The van der Waals surface area contributed by atoms with Crippen molar-refractivity contribution in [1.82, 2.24) is 9.80 Å². The molecule has 164 valence electrons. The van der Waals surface area contributed by atoms with Gasteiger partial charge in [0.15, 0.2) is 0 Å². The number of piperidine rings is 1. The van der Waals surface area contributed by atoms with Gasteiger partial charge in [-0.05, 0) is 80.8 Å². The smallest absolute Gasteiger partial charge is 0.253 e. The fraction of sp³-hybridized carbons (Fsp3) is 0.519. The average molecular weight is 419 g/mol. The Labute approximate surface area is 186 Å². The molecule has 0 N–H and O–H groups in total. The van der Waals surface area contributed by atoms with E-state index < -0.39 is 0 Å². The van der Waals surface area contributed by atoms with Crippen LogP contribution in [0.25, 0.3) is 0 Å². The molecule has 2 aromatic carbocycles. The first-order chi connectivity index (χ1) is 15.3. The summed E-state index contributed by atoms with van der Waals surface area (Å²) in [6.07, 6.45) is 7.12. The van der Waals surface area contributed by atoms with E-state index in [9.17, 15) is 4.79 Å². The maximum atomic E-state index is 13.3. The van der Waals surface area contributed by atoms with Crippen LogP contribution >= 0.6 is 0 Å². The van der Waals surface area contributed by atoms with Gasteiger partial charge in [0.2, 0.25) is 0 Å². The van der Waals surface area contributed by atoms with Crippen molar-refractivity contribution in [3.8, 4) is 0 Å². The summed E-state index contributed by atoms with van der Waals surface area (Å²) in [7, 11) is 0. The molecular formula is C27H34N2O2. The molecule has 2 aromatic rings. The van der Waals surface area contributed by atoms with E-state index in [4.69, 9.17) is 4.74 Å². The highest BCUT2D eigenvalue weighted by Crippen LogP contribution is 2.29. The van der Waals surface area contributed by atoms with Gasteiger partial charge in [0, 0.05) is 31.3 Å². The zero-order valence-electron chi connectivity index (χ0n) is 18.4. The molecule has 0 radical (unpaired) electrons. The Balaban J connectivity index is 1.19. The fourth-order valence-electron chi connectivity index (χ4n) is 5.64. The maximum Gasteiger partial charge on any atom is 0.253 e. The Bertz CT molecular complexity index is 845. The lowest BCUT2D eigenvalue weighted by Gasteiger charge is -2.38. The summed E-state index contributed by atoms with van der Waals surface area (Å²) in [5, 5.41) is 0. The van der Waals surface area contributed by atoms with Gasteiger partial charge >= 0.3 is 0 Å². The van der Waals surface area contributed by atoms with Crippen molar-refractivity contribution in [1.29, 1.82) is 0 Å². The molecular weight excluding hydrogens is 384 g/mol. The summed E-state index contributed by atoms with van der Waals surface area (Å²) < 4.78 is 5.87. The van der Waals surface area contributed by atoms with Gasteiger partial charge in [-0.3, -0.25) is 9.69 Å². The Morgan fingerprint density at radius 2 is 1.58 bits per heavy atom. The van der Waals surface area contributed by atoms with E-state index in [1.807, 2.05) is 30.3 Å². The predicted molar refractivity (Wildman–Crippen MR) is 123 cm³/mol. The number of carbonyl (C=O) groups excluding carboxylic acids is 1. The second kappa shape index (κ2) is 9.54. The van der Waals surface area contributed by atoms with Gasteiger partial charge < -0.3 is 9.64 Å². The molecule has 2 fully saturated rings. The number of likely N-dealkylation sites (tertiary alicyclic amines) is 1. The van der Waals surface area contributed by atoms with Gasteiger partial charge in [-0.15, -0.1) is 0 Å². The van der Waals surface area contributed by atoms with E-state index in [1.54, 1.807) is 0 Å². The summed E-state index contributed by atoms with van der Waals surface area (Å²) >= 11 is 0. The van der Waals surface area contributed by atoms with Crippen LogP contribution in [0.15, 0.2) is 54.6 Å². The molecule has 0 spiro atoms.